The molecule has 0 N–H and O–H groups in total. The molecule has 4 fully saturated rings. The van der Waals surface area contributed by atoms with Gasteiger partial charge in [0.2, 0.25) is 5.91 Å². The van der Waals surface area contributed by atoms with Crippen molar-refractivity contribution in [3.8, 4) is 22.8 Å². The molecule has 1 unspecified atom stereocenters. The lowest BCUT2D eigenvalue weighted by Crippen LogP contribution is -2.60. The summed E-state index contributed by atoms with van der Waals surface area (Å²) in [6.45, 7) is 5.89. The van der Waals surface area contributed by atoms with Crippen molar-refractivity contribution >= 4 is 11.6 Å². The lowest BCUT2D eigenvalue weighted by atomic mass is 9.75. The number of carbonyl (C=O) groups is 1. The van der Waals surface area contributed by atoms with Crippen molar-refractivity contribution < 1.29 is 14.3 Å². The number of aromatic nitrogens is 3. The van der Waals surface area contributed by atoms with Crippen LogP contribution in [0.15, 0.2) is 54.7 Å². The first kappa shape index (κ1) is 24.7. The Balaban J connectivity index is 1.04. The van der Waals surface area contributed by atoms with E-state index in [1.807, 2.05) is 53.3 Å². The van der Waals surface area contributed by atoms with E-state index < -0.39 is 0 Å². The molecule has 5 heterocycles. The summed E-state index contributed by atoms with van der Waals surface area (Å²) in [6.07, 6.45) is 4.16. The molecule has 200 valence electrons. The van der Waals surface area contributed by atoms with E-state index >= 15 is 0 Å². The molecule has 9 nitrogen and oxygen atoms in total. The highest BCUT2D eigenvalue weighted by Gasteiger charge is 2.44. The number of para-hydroxylation sites is 2. The van der Waals surface area contributed by atoms with E-state index in [4.69, 9.17) is 9.47 Å². The fourth-order valence-corrected chi connectivity index (χ4v) is 6.40. The summed E-state index contributed by atoms with van der Waals surface area (Å²) in [6, 6.07) is 16.4. The van der Waals surface area contributed by atoms with Gasteiger partial charge in [0.05, 0.1) is 38.6 Å². The van der Waals surface area contributed by atoms with Gasteiger partial charge in [-0.1, -0.05) is 17.3 Å². The van der Waals surface area contributed by atoms with Crippen molar-refractivity contribution in [2.45, 2.75) is 25.4 Å². The minimum Gasteiger partial charge on any atom is -0.497 e. The zero-order valence-electron chi connectivity index (χ0n) is 22.2. The number of amides is 1. The second kappa shape index (κ2) is 10.6. The van der Waals surface area contributed by atoms with Crippen LogP contribution in [0, 0.1) is 11.8 Å². The van der Waals surface area contributed by atoms with E-state index in [2.05, 4.69) is 31.1 Å². The third-order valence-electron chi connectivity index (χ3n) is 8.54. The molecular formula is C29H36N6O3. The molecule has 2 aromatic carbocycles. The molecule has 4 aliphatic rings. The van der Waals surface area contributed by atoms with Gasteiger partial charge in [-0.15, -0.1) is 5.10 Å². The molecular weight excluding hydrogens is 480 g/mol. The van der Waals surface area contributed by atoms with Gasteiger partial charge >= 0.3 is 0 Å². The summed E-state index contributed by atoms with van der Waals surface area (Å²) in [5.74, 6) is 2.59. The number of fused-ring (bicyclic) bond motifs is 3. The SMILES string of the molecule is COc1ccc(-c2cn(C[C@H]3C[C@@H]4CCN3C[C@@H]4C(=O)N3CCN(c4ccccc4OC)CC3)nn2)cc1. The van der Waals surface area contributed by atoms with Gasteiger partial charge < -0.3 is 19.3 Å². The molecule has 0 aliphatic carbocycles. The third-order valence-corrected chi connectivity index (χ3v) is 8.54. The topological polar surface area (TPSA) is 76.0 Å². The normalized spacial score (nSPS) is 24.9. The van der Waals surface area contributed by atoms with Crippen LogP contribution in [0.25, 0.3) is 11.3 Å². The van der Waals surface area contributed by atoms with Crippen LogP contribution in [-0.4, -0.2) is 90.2 Å². The molecule has 1 aromatic heterocycles. The zero-order chi connectivity index (χ0) is 26.1. The average Bonchev–Trinajstić information content (AvgIpc) is 3.45. The van der Waals surface area contributed by atoms with Crippen molar-refractivity contribution in [1.82, 2.24) is 24.8 Å². The number of hydrogen-bond acceptors (Lipinski definition) is 7. The molecule has 0 spiro atoms. The number of ether oxygens (including phenoxy) is 2. The van der Waals surface area contributed by atoms with Crippen molar-refractivity contribution in [3.63, 3.8) is 0 Å². The maximum absolute atomic E-state index is 13.6. The van der Waals surface area contributed by atoms with Crippen LogP contribution in [0.2, 0.25) is 0 Å². The number of nitrogens with zero attached hydrogens (tertiary/aromatic N) is 6. The van der Waals surface area contributed by atoms with Gasteiger partial charge in [-0.05, 0) is 61.7 Å². The van der Waals surface area contributed by atoms with Crippen LogP contribution in [-0.2, 0) is 11.3 Å². The fraction of sp³-hybridized carbons (Fsp3) is 0.483. The first-order chi connectivity index (χ1) is 18.6. The monoisotopic (exact) mass is 516 g/mol. The van der Waals surface area contributed by atoms with Crippen LogP contribution >= 0.6 is 0 Å². The summed E-state index contributed by atoms with van der Waals surface area (Å²) >= 11 is 0. The summed E-state index contributed by atoms with van der Waals surface area (Å²) in [4.78, 5) is 20.5. The molecule has 9 heteroatoms. The van der Waals surface area contributed by atoms with Crippen LogP contribution < -0.4 is 14.4 Å². The van der Waals surface area contributed by atoms with Crippen LogP contribution in [0.1, 0.15) is 12.8 Å². The fourth-order valence-electron chi connectivity index (χ4n) is 6.40. The van der Waals surface area contributed by atoms with Gasteiger partial charge in [-0.3, -0.25) is 14.4 Å². The molecule has 2 bridgehead atoms. The maximum Gasteiger partial charge on any atom is 0.227 e. The Morgan fingerprint density at radius 1 is 0.974 bits per heavy atom. The Labute approximate surface area is 223 Å². The first-order valence-corrected chi connectivity index (χ1v) is 13.6. The van der Waals surface area contributed by atoms with Crippen molar-refractivity contribution in [3.05, 3.63) is 54.7 Å². The second-order valence-electron chi connectivity index (χ2n) is 10.6. The number of carbonyl (C=O) groups excluding carboxylic acids is 1. The van der Waals surface area contributed by atoms with Gasteiger partial charge in [-0.25, -0.2) is 0 Å². The quantitative estimate of drug-likeness (QED) is 0.478. The van der Waals surface area contributed by atoms with Gasteiger partial charge in [0.15, 0.2) is 0 Å². The minimum absolute atomic E-state index is 0.100. The molecule has 3 aromatic rings. The lowest BCUT2D eigenvalue weighted by Gasteiger charge is -2.50. The smallest absolute Gasteiger partial charge is 0.227 e. The number of piperidine rings is 3. The third kappa shape index (κ3) is 4.82. The van der Waals surface area contributed by atoms with Crippen molar-refractivity contribution in [1.29, 1.82) is 0 Å². The van der Waals surface area contributed by atoms with E-state index in [0.717, 1.165) is 87.1 Å². The highest BCUT2D eigenvalue weighted by Crippen LogP contribution is 2.38. The Bertz CT molecular complexity index is 1250. The standard InChI is InChI=1S/C29H36N6O3/c1-37-24-9-7-21(8-10-24)26-20-35(31-30-26)18-23-17-22-11-12-34(23)19-25(22)29(36)33-15-13-32(14-16-33)27-5-3-4-6-28(27)38-2/h3-10,20,22-23,25H,11-19H2,1-2H3/t22-,23+,25-/m0/s1. The average molecular weight is 517 g/mol. The van der Waals surface area contributed by atoms with E-state index in [0.29, 0.717) is 17.9 Å². The second-order valence-corrected chi connectivity index (χ2v) is 10.6. The number of methoxy groups -OCH3 is 2. The minimum atomic E-state index is 0.100. The molecule has 38 heavy (non-hydrogen) atoms. The molecule has 4 aliphatic heterocycles. The molecule has 0 saturated carbocycles. The Morgan fingerprint density at radius 3 is 2.47 bits per heavy atom. The Kier molecular flexibility index (Phi) is 6.93. The maximum atomic E-state index is 13.6. The van der Waals surface area contributed by atoms with E-state index in [-0.39, 0.29) is 5.92 Å². The van der Waals surface area contributed by atoms with Crippen LogP contribution in [0.4, 0.5) is 5.69 Å². The zero-order valence-corrected chi connectivity index (χ0v) is 22.2. The predicted molar refractivity (Wildman–Crippen MR) is 145 cm³/mol. The number of anilines is 1. The van der Waals surface area contributed by atoms with Gasteiger partial charge in [-0.2, -0.15) is 0 Å². The van der Waals surface area contributed by atoms with Gasteiger partial charge in [0, 0.05) is 44.3 Å². The summed E-state index contributed by atoms with van der Waals surface area (Å²) < 4.78 is 12.8. The van der Waals surface area contributed by atoms with Crippen LogP contribution in [0.3, 0.4) is 0 Å². The number of hydrogen-bond donors (Lipinski definition) is 0. The summed E-state index contributed by atoms with van der Waals surface area (Å²) in [5.41, 5.74) is 3.00. The number of rotatable bonds is 7. The lowest BCUT2D eigenvalue weighted by molar-refractivity contribution is -0.144. The molecule has 0 radical (unpaired) electrons. The summed E-state index contributed by atoms with van der Waals surface area (Å²) in [7, 11) is 3.38. The van der Waals surface area contributed by atoms with Crippen LogP contribution in [0.5, 0.6) is 11.5 Å². The number of benzene rings is 2. The van der Waals surface area contributed by atoms with Crippen molar-refractivity contribution in [2.75, 3.05) is 58.4 Å². The van der Waals surface area contributed by atoms with E-state index in [9.17, 15) is 4.79 Å². The Hall–Kier alpha value is -3.59. The van der Waals surface area contributed by atoms with Crippen molar-refractivity contribution in [2.24, 2.45) is 11.8 Å². The predicted octanol–water partition coefficient (Wildman–Crippen LogP) is 3.02. The molecule has 1 amide bonds. The molecule has 7 rings (SSSR count). The van der Waals surface area contributed by atoms with E-state index in [1.54, 1.807) is 14.2 Å². The first-order valence-electron chi connectivity index (χ1n) is 13.6. The number of piperazine rings is 1. The largest absolute Gasteiger partial charge is 0.497 e. The molecule has 4 atom stereocenters. The van der Waals surface area contributed by atoms with E-state index in [1.165, 1.54) is 0 Å². The highest BCUT2D eigenvalue weighted by molar-refractivity contribution is 5.80. The highest BCUT2D eigenvalue weighted by atomic mass is 16.5. The van der Waals surface area contributed by atoms with Gasteiger partial charge in [0.1, 0.15) is 17.2 Å². The summed E-state index contributed by atoms with van der Waals surface area (Å²) in [5, 5.41) is 8.80. The van der Waals surface area contributed by atoms with Gasteiger partial charge in [0.25, 0.3) is 0 Å². The Morgan fingerprint density at radius 2 is 1.76 bits per heavy atom. The molecule has 4 saturated heterocycles.